The van der Waals surface area contributed by atoms with Crippen LogP contribution in [0.15, 0.2) is 29.2 Å². The van der Waals surface area contributed by atoms with Crippen LogP contribution < -0.4 is 5.32 Å². The Labute approximate surface area is 145 Å². The van der Waals surface area contributed by atoms with Gasteiger partial charge in [0.05, 0.1) is 11.3 Å². The Morgan fingerprint density at radius 2 is 1.76 bits per heavy atom. The predicted molar refractivity (Wildman–Crippen MR) is 88.3 cm³/mol. The van der Waals surface area contributed by atoms with Crippen molar-refractivity contribution < 1.29 is 27.5 Å². The Kier molecular flexibility index (Phi) is 6.49. The summed E-state index contributed by atoms with van der Waals surface area (Å²) in [6, 6.07) is 4.28. The molecule has 25 heavy (non-hydrogen) atoms. The molecule has 0 aliphatic carbocycles. The molecule has 7 nitrogen and oxygen atoms in total. The summed E-state index contributed by atoms with van der Waals surface area (Å²) in [6.45, 7) is -0.188. The number of hydrogen-bond donors (Lipinski definition) is 2. The monoisotopic (exact) mass is 372 g/mol. The van der Waals surface area contributed by atoms with Crippen LogP contribution in [0.5, 0.6) is 0 Å². The zero-order valence-corrected chi connectivity index (χ0v) is 14.5. The van der Waals surface area contributed by atoms with Crippen LogP contribution in [-0.4, -0.2) is 55.5 Å². The summed E-state index contributed by atoms with van der Waals surface area (Å²) < 4.78 is 39.0. The summed E-state index contributed by atoms with van der Waals surface area (Å²) in [6.07, 6.45) is 2.55. The molecule has 0 aromatic heterocycles. The van der Waals surface area contributed by atoms with Gasteiger partial charge in [0.2, 0.25) is 15.9 Å². The van der Waals surface area contributed by atoms with E-state index in [1.165, 1.54) is 28.6 Å². The lowest BCUT2D eigenvalue weighted by Gasteiger charge is -2.25. The normalized spacial score (nSPS) is 17.0. The maximum Gasteiger partial charge on any atom is 0.328 e. The first-order valence-electron chi connectivity index (χ1n) is 8.02. The Balaban J connectivity index is 2.02. The molecule has 138 valence electrons. The van der Waals surface area contributed by atoms with Crippen LogP contribution in [0.1, 0.15) is 24.8 Å². The van der Waals surface area contributed by atoms with E-state index in [-0.39, 0.29) is 11.3 Å². The smallest absolute Gasteiger partial charge is 0.328 e. The topological polar surface area (TPSA) is 104 Å². The molecule has 1 aliphatic rings. The van der Waals surface area contributed by atoms with Crippen molar-refractivity contribution in [2.75, 3.05) is 19.8 Å². The summed E-state index contributed by atoms with van der Waals surface area (Å²) in [5, 5.41) is 10.8. The maximum atomic E-state index is 12.5. The summed E-state index contributed by atoms with van der Waals surface area (Å²) >= 11 is 0. The van der Waals surface area contributed by atoms with Crippen molar-refractivity contribution in [3.8, 4) is 0 Å². The number of nitrogens with zero attached hydrogens (tertiary/aromatic N) is 1. The molecule has 1 heterocycles. The van der Waals surface area contributed by atoms with Crippen molar-refractivity contribution in [3.63, 3.8) is 0 Å². The number of hydrogen-bond acceptors (Lipinski definition) is 4. The van der Waals surface area contributed by atoms with E-state index in [1.807, 2.05) is 0 Å². The quantitative estimate of drug-likeness (QED) is 0.741. The number of halogens is 1. The van der Waals surface area contributed by atoms with Crippen molar-refractivity contribution in [3.05, 3.63) is 29.8 Å². The largest absolute Gasteiger partial charge is 0.480 e. The van der Waals surface area contributed by atoms with Crippen molar-refractivity contribution in [2.45, 2.75) is 36.6 Å². The van der Waals surface area contributed by atoms with Crippen LogP contribution in [0.2, 0.25) is 0 Å². The molecule has 0 spiro atoms. The average molecular weight is 372 g/mol. The minimum atomic E-state index is -3.54. The minimum absolute atomic E-state index is 0.158. The molecule has 1 aliphatic heterocycles. The number of carboxylic acid groups (broad SMARTS) is 1. The van der Waals surface area contributed by atoms with Crippen LogP contribution in [0, 0.1) is 0 Å². The number of carbonyl (C=O) groups excluding carboxylic acids is 1. The summed E-state index contributed by atoms with van der Waals surface area (Å²) in [4.78, 5) is 22.6. The van der Waals surface area contributed by atoms with Crippen LogP contribution in [0.4, 0.5) is 4.39 Å². The van der Waals surface area contributed by atoms with Crippen molar-refractivity contribution in [1.29, 1.82) is 0 Å². The second kappa shape index (κ2) is 8.39. The predicted octanol–water partition coefficient (Wildman–Crippen LogP) is 0.943. The molecular weight excluding hydrogens is 351 g/mol. The number of benzene rings is 1. The number of piperidine rings is 1. The third kappa shape index (κ3) is 4.99. The first-order chi connectivity index (χ1) is 11.8. The SMILES string of the molecule is O=C(Cc1ccc(S(=O)(=O)N2CCCCC2)cc1)NC(CF)C(=O)O. The fourth-order valence-electron chi connectivity index (χ4n) is 2.63. The molecule has 2 N–H and O–H groups in total. The van der Waals surface area contributed by atoms with Gasteiger partial charge in [0.1, 0.15) is 6.67 Å². The highest BCUT2D eigenvalue weighted by Gasteiger charge is 2.26. The van der Waals surface area contributed by atoms with Crippen LogP contribution in [0.25, 0.3) is 0 Å². The number of alkyl halides is 1. The van der Waals surface area contributed by atoms with Gasteiger partial charge in [-0.15, -0.1) is 0 Å². The average Bonchev–Trinajstić information content (AvgIpc) is 2.60. The number of amides is 1. The highest BCUT2D eigenvalue weighted by molar-refractivity contribution is 7.89. The molecule has 0 saturated carbocycles. The van der Waals surface area contributed by atoms with E-state index < -0.39 is 34.6 Å². The van der Waals surface area contributed by atoms with E-state index >= 15 is 0 Å². The van der Waals surface area contributed by atoms with Gasteiger partial charge in [-0.05, 0) is 30.5 Å². The number of carbonyl (C=O) groups is 2. The molecule has 1 aromatic carbocycles. The standard InChI is InChI=1S/C16H21FN2O5S/c17-11-14(16(21)22)18-15(20)10-12-4-6-13(7-5-12)25(23,24)19-8-2-1-3-9-19/h4-7,14H,1-3,8-11H2,(H,18,20)(H,21,22). The molecule has 9 heteroatoms. The second-order valence-corrected chi connectivity index (χ2v) is 7.84. The van der Waals surface area contributed by atoms with E-state index in [2.05, 4.69) is 5.32 Å². The third-order valence-electron chi connectivity index (χ3n) is 4.03. The summed E-state index contributed by atoms with van der Waals surface area (Å²) in [5.41, 5.74) is 0.512. The number of carboxylic acids is 1. The van der Waals surface area contributed by atoms with Gasteiger partial charge in [0, 0.05) is 13.1 Å². The van der Waals surface area contributed by atoms with Gasteiger partial charge < -0.3 is 10.4 Å². The number of rotatable bonds is 7. The number of nitrogens with one attached hydrogen (secondary N) is 1. The minimum Gasteiger partial charge on any atom is -0.480 e. The molecule has 1 fully saturated rings. The molecule has 0 bridgehead atoms. The van der Waals surface area contributed by atoms with E-state index in [1.54, 1.807) is 0 Å². The maximum absolute atomic E-state index is 12.5. The lowest BCUT2D eigenvalue weighted by Crippen LogP contribution is -2.43. The zero-order valence-electron chi connectivity index (χ0n) is 13.7. The molecular formula is C16H21FN2O5S. The summed E-state index contributed by atoms with van der Waals surface area (Å²) in [5.74, 6) is -2.09. The van der Waals surface area contributed by atoms with Crippen LogP contribution in [-0.2, 0) is 26.0 Å². The second-order valence-electron chi connectivity index (χ2n) is 5.90. The Morgan fingerprint density at radius 1 is 1.16 bits per heavy atom. The van der Waals surface area contributed by atoms with Gasteiger partial charge in [-0.2, -0.15) is 4.31 Å². The zero-order chi connectivity index (χ0) is 18.4. The Bertz CT molecular complexity index is 715. The first kappa shape index (κ1) is 19.3. The Hall–Kier alpha value is -2.00. The van der Waals surface area contributed by atoms with Crippen LogP contribution in [0.3, 0.4) is 0 Å². The van der Waals surface area contributed by atoms with E-state index in [0.717, 1.165) is 19.3 Å². The Morgan fingerprint density at radius 3 is 2.28 bits per heavy atom. The number of sulfonamides is 1. The highest BCUT2D eigenvalue weighted by Crippen LogP contribution is 2.20. The van der Waals surface area contributed by atoms with Crippen LogP contribution >= 0.6 is 0 Å². The molecule has 1 aromatic rings. The lowest BCUT2D eigenvalue weighted by molar-refractivity contribution is -0.142. The molecule has 1 saturated heterocycles. The fraction of sp³-hybridized carbons (Fsp3) is 0.500. The molecule has 1 amide bonds. The van der Waals surface area contributed by atoms with Crippen molar-refractivity contribution >= 4 is 21.9 Å². The molecule has 2 rings (SSSR count). The molecule has 1 unspecified atom stereocenters. The highest BCUT2D eigenvalue weighted by atomic mass is 32.2. The molecule has 1 atom stereocenters. The first-order valence-corrected chi connectivity index (χ1v) is 9.46. The van der Waals surface area contributed by atoms with Gasteiger partial charge in [-0.1, -0.05) is 18.6 Å². The molecule has 0 radical (unpaired) electrons. The van der Waals surface area contributed by atoms with E-state index in [4.69, 9.17) is 5.11 Å². The van der Waals surface area contributed by atoms with Gasteiger partial charge in [-0.3, -0.25) is 4.79 Å². The van der Waals surface area contributed by atoms with Gasteiger partial charge in [-0.25, -0.2) is 17.6 Å². The van der Waals surface area contributed by atoms with Gasteiger partial charge >= 0.3 is 5.97 Å². The van der Waals surface area contributed by atoms with E-state index in [9.17, 15) is 22.4 Å². The van der Waals surface area contributed by atoms with Gasteiger partial charge in [0.25, 0.3) is 0 Å². The van der Waals surface area contributed by atoms with Gasteiger partial charge in [0.15, 0.2) is 6.04 Å². The fourth-order valence-corrected chi connectivity index (χ4v) is 4.15. The lowest BCUT2D eigenvalue weighted by atomic mass is 10.1. The third-order valence-corrected chi connectivity index (χ3v) is 5.94. The van der Waals surface area contributed by atoms with Crippen molar-refractivity contribution in [2.24, 2.45) is 0 Å². The van der Waals surface area contributed by atoms with Crippen molar-refractivity contribution in [1.82, 2.24) is 9.62 Å². The van der Waals surface area contributed by atoms with E-state index in [0.29, 0.717) is 18.7 Å². The summed E-state index contributed by atoms with van der Waals surface area (Å²) in [7, 11) is -3.54. The number of aliphatic carboxylic acids is 1.